The first kappa shape index (κ1) is 19.4. The zero-order valence-corrected chi connectivity index (χ0v) is 13.6. The van der Waals surface area contributed by atoms with E-state index in [-0.39, 0.29) is 0 Å². The second-order valence-corrected chi connectivity index (χ2v) is 5.21. The second-order valence-electron chi connectivity index (χ2n) is 5.21. The lowest BCUT2D eigenvalue weighted by Crippen LogP contribution is -2.03. The summed E-state index contributed by atoms with van der Waals surface area (Å²) in [6.45, 7) is 11.8. The molecule has 20 heavy (non-hydrogen) atoms. The van der Waals surface area contributed by atoms with Gasteiger partial charge in [-0.05, 0) is 38.0 Å². The number of rotatable bonds is 15. The zero-order chi connectivity index (χ0) is 14.9. The van der Waals surface area contributed by atoms with E-state index in [4.69, 9.17) is 9.47 Å². The van der Waals surface area contributed by atoms with Crippen molar-refractivity contribution in [1.82, 2.24) is 0 Å². The van der Waals surface area contributed by atoms with E-state index in [0.717, 1.165) is 52.1 Å². The first-order valence-corrected chi connectivity index (χ1v) is 8.28. The van der Waals surface area contributed by atoms with E-state index in [1.165, 1.54) is 19.3 Å². The van der Waals surface area contributed by atoms with Crippen LogP contribution in [0, 0.1) is 5.92 Å². The summed E-state index contributed by atoms with van der Waals surface area (Å²) in [5, 5.41) is 0. The fraction of sp³-hybridized carbons (Fsp3) is 0.778. The standard InChI is InChI=1S/C18H34O2/c1-4-7-14-19-16-11-9-10-12-18(6-3)13-17-20-15-8-5-2/h6,9-10,18H,3-5,7-8,11-17H2,1-2H3/b10-9+. The number of unbranched alkanes of at least 4 members (excludes halogenated alkanes) is 2. The molecule has 0 saturated heterocycles. The van der Waals surface area contributed by atoms with Gasteiger partial charge in [0.15, 0.2) is 0 Å². The Bertz CT molecular complexity index is 223. The number of hydrogen-bond acceptors (Lipinski definition) is 2. The molecular weight excluding hydrogens is 248 g/mol. The molecule has 0 aliphatic carbocycles. The monoisotopic (exact) mass is 282 g/mol. The maximum atomic E-state index is 5.60. The lowest BCUT2D eigenvalue weighted by Gasteiger charge is -2.10. The zero-order valence-electron chi connectivity index (χ0n) is 13.6. The molecule has 0 spiro atoms. The first-order chi connectivity index (χ1) is 9.85. The van der Waals surface area contributed by atoms with Crippen LogP contribution >= 0.6 is 0 Å². The summed E-state index contributed by atoms with van der Waals surface area (Å²) in [4.78, 5) is 0. The van der Waals surface area contributed by atoms with Gasteiger partial charge in [-0.2, -0.15) is 0 Å². The number of allylic oxidation sites excluding steroid dienone is 2. The van der Waals surface area contributed by atoms with Gasteiger partial charge in [-0.3, -0.25) is 0 Å². The van der Waals surface area contributed by atoms with Crippen LogP contribution in [-0.4, -0.2) is 26.4 Å². The van der Waals surface area contributed by atoms with Crippen LogP contribution in [0.2, 0.25) is 0 Å². The van der Waals surface area contributed by atoms with Crippen LogP contribution in [0.4, 0.5) is 0 Å². The predicted octanol–water partition coefficient (Wildman–Crippen LogP) is 5.15. The largest absolute Gasteiger partial charge is 0.381 e. The van der Waals surface area contributed by atoms with Crippen LogP contribution in [0.25, 0.3) is 0 Å². The average Bonchev–Trinajstić information content (AvgIpc) is 2.47. The fourth-order valence-electron chi connectivity index (χ4n) is 1.80. The van der Waals surface area contributed by atoms with E-state index in [1.807, 2.05) is 6.08 Å². The van der Waals surface area contributed by atoms with Crippen molar-refractivity contribution >= 4 is 0 Å². The summed E-state index contributed by atoms with van der Waals surface area (Å²) in [7, 11) is 0. The Balaban J connectivity index is 3.45. The molecule has 0 N–H and O–H groups in total. The summed E-state index contributed by atoms with van der Waals surface area (Å²) in [5.41, 5.74) is 0. The van der Waals surface area contributed by atoms with Gasteiger partial charge in [0.05, 0.1) is 6.61 Å². The topological polar surface area (TPSA) is 18.5 Å². The maximum absolute atomic E-state index is 5.60. The van der Waals surface area contributed by atoms with Crippen molar-refractivity contribution < 1.29 is 9.47 Å². The molecule has 2 nitrogen and oxygen atoms in total. The van der Waals surface area contributed by atoms with Crippen molar-refractivity contribution in [3.8, 4) is 0 Å². The van der Waals surface area contributed by atoms with Gasteiger partial charge >= 0.3 is 0 Å². The molecule has 0 rings (SSSR count). The third-order valence-electron chi connectivity index (χ3n) is 3.29. The lowest BCUT2D eigenvalue weighted by atomic mass is 10.0. The third kappa shape index (κ3) is 13.8. The van der Waals surface area contributed by atoms with Crippen LogP contribution in [0.5, 0.6) is 0 Å². The molecule has 0 aromatic carbocycles. The van der Waals surface area contributed by atoms with Gasteiger partial charge in [0.2, 0.25) is 0 Å². The lowest BCUT2D eigenvalue weighted by molar-refractivity contribution is 0.122. The summed E-state index contributed by atoms with van der Waals surface area (Å²) < 4.78 is 11.1. The van der Waals surface area contributed by atoms with Crippen LogP contribution in [0.1, 0.15) is 58.8 Å². The highest BCUT2D eigenvalue weighted by Crippen LogP contribution is 2.11. The molecule has 118 valence electrons. The van der Waals surface area contributed by atoms with Gasteiger partial charge in [0.25, 0.3) is 0 Å². The van der Waals surface area contributed by atoms with Crippen molar-refractivity contribution in [3.63, 3.8) is 0 Å². The Labute approximate surface area is 126 Å². The molecule has 0 aromatic heterocycles. The Morgan fingerprint density at radius 3 is 2.15 bits per heavy atom. The summed E-state index contributed by atoms with van der Waals surface area (Å²) in [6, 6.07) is 0. The molecule has 0 heterocycles. The summed E-state index contributed by atoms with van der Waals surface area (Å²) in [5.74, 6) is 0.536. The van der Waals surface area contributed by atoms with E-state index < -0.39 is 0 Å². The quantitative estimate of drug-likeness (QED) is 0.305. The minimum Gasteiger partial charge on any atom is -0.381 e. The van der Waals surface area contributed by atoms with Crippen LogP contribution in [0.3, 0.4) is 0 Å². The molecule has 1 unspecified atom stereocenters. The van der Waals surface area contributed by atoms with E-state index >= 15 is 0 Å². The maximum Gasteiger partial charge on any atom is 0.0500 e. The molecular formula is C18H34O2. The minimum absolute atomic E-state index is 0.536. The molecule has 0 fully saturated rings. The molecule has 0 amide bonds. The van der Waals surface area contributed by atoms with E-state index in [0.29, 0.717) is 5.92 Å². The van der Waals surface area contributed by atoms with Gasteiger partial charge in [0.1, 0.15) is 0 Å². The highest BCUT2D eigenvalue weighted by Gasteiger charge is 2.01. The Morgan fingerprint density at radius 1 is 0.900 bits per heavy atom. The Kier molecular flexibility index (Phi) is 16.0. The van der Waals surface area contributed by atoms with Gasteiger partial charge in [-0.15, -0.1) is 6.58 Å². The number of hydrogen-bond donors (Lipinski definition) is 0. The fourth-order valence-corrected chi connectivity index (χ4v) is 1.80. The molecule has 0 aromatic rings. The molecule has 0 radical (unpaired) electrons. The van der Waals surface area contributed by atoms with Crippen molar-refractivity contribution in [2.45, 2.75) is 58.8 Å². The normalized spacial score (nSPS) is 12.9. The van der Waals surface area contributed by atoms with Gasteiger partial charge in [0, 0.05) is 19.8 Å². The van der Waals surface area contributed by atoms with Crippen molar-refractivity contribution in [1.29, 1.82) is 0 Å². The molecule has 0 aliphatic rings. The van der Waals surface area contributed by atoms with E-state index in [1.54, 1.807) is 0 Å². The third-order valence-corrected chi connectivity index (χ3v) is 3.29. The van der Waals surface area contributed by atoms with Gasteiger partial charge in [-0.25, -0.2) is 0 Å². The molecule has 0 aliphatic heterocycles. The van der Waals surface area contributed by atoms with Crippen molar-refractivity contribution in [2.75, 3.05) is 26.4 Å². The Hall–Kier alpha value is -0.600. The predicted molar refractivity (Wildman–Crippen MR) is 88.1 cm³/mol. The summed E-state index contributed by atoms with van der Waals surface area (Å²) in [6.07, 6.45) is 14.4. The van der Waals surface area contributed by atoms with Crippen LogP contribution in [0.15, 0.2) is 24.8 Å². The van der Waals surface area contributed by atoms with E-state index in [9.17, 15) is 0 Å². The SMILES string of the molecule is C=CC(C/C=C/CCOCCCC)CCOCCCC. The average molecular weight is 282 g/mol. The highest BCUT2D eigenvalue weighted by molar-refractivity contribution is 4.89. The van der Waals surface area contributed by atoms with Gasteiger partial charge < -0.3 is 9.47 Å². The van der Waals surface area contributed by atoms with Crippen LogP contribution < -0.4 is 0 Å². The van der Waals surface area contributed by atoms with Crippen molar-refractivity contribution in [2.24, 2.45) is 5.92 Å². The highest BCUT2D eigenvalue weighted by atomic mass is 16.5. The summed E-state index contributed by atoms with van der Waals surface area (Å²) >= 11 is 0. The smallest absolute Gasteiger partial charge is 0.0500 e. The first-order valence-electron chi connectivity index (χ1n) is 8.28. The Morgan fingerprint density at radius 2 is 1.55 bits per heavy atom. The molecule has 0 saturated carbocycles. The van der Waals surface area contributed by atoms with E-state index in [2.05, 4.69) is 32.6 Å². The number of ether oxygens (including phenoxy) is 2. The molecule has 1 atom stereocenters. The van der Waals surface area contributed by atoms with Gasteiger partial charge in [-0.1, -0.05) is 44.9 Å². The molecule has 2 heteroatoms. The minimum atomic E-state index is 0.536. The molecule has 0 bridgehead atoms. The van der Waals surface area contributed by atoms with Crippen LogP contribution in [-0.2, 0) is 9.47 Å². The van der Waals surface area contributed by atoms with Crippen molar-refractivity contribution in [3.05, 3.63) is 24.8 Å². The second kappa shape index (κ2) is 16.5.